The summed E-state index contributed by atoms with van der Waals surface area (Å²) >= 11 is 0. The van der Waals surface area contributed by atoms with Gasteiger partial charge in [-0.2, -0.15) is 0 Å². The number of carbonyl (C=O) groups excluding carboxylic acids is 3. The summed E-state index contributed by atoms with van der Waals surface area (Å²) in [6.45, 7) is 7.17. The molecule has 1 aromatic rings. The van der Waals surface area contributed by atoms with Gasteiger partial charge in [0.25, 0.3) is 0 Å². The van der Waals surface area contributed by atoms with Gasteiger partial charge in [-0.15, -0.1) is 0 Å². The molecule has 1 rings (SSSR count). The van der Waals surface area contributed by atoms with Crippen LogP contribution in [0.3, 0.4) is 0 Å². The number of hydrogen-bond donors (Lipinski definition) is 5. The van der Waals surface area contributed by atoms with E-state index in [9.17, 15) is 24.3 Å². The van der Waals surface area contributed by atoms with Crippen molar-refractivity contribution in [3.05, 3.63) is 35.9 Å². The maximum Gasteiger partial charge on any atom is 0.326 e. The highest BCUT2D eigenvalue weighted by molar-refractivity contribution is 5.92. The number of hydrogen-bond acceptors (Lipinski definition) is 5. The molecule has 9 heteroatoms. The second kappa shape index (κ2) is 12.7. The molecule has 0 heterocycles. The number of rotatable bonds is 12. The topological polar surface area (TPSA) is 145 Å². The quantitative estimate of drug-likeness (QED) is 0.248. The van der Waals surface area contributed by atoms with Gasteiger partial charge in [0, 0.05) is 6.42 Å². The van der Waals surface area contributed by atoms with Crippen molar-refractivity contribution < 1.29 is 29.5 Å². The first-order valence-electron chi connectivity index (χ1n) is 10.4. The summed E-state index contributed by atoms with van der Waals surface area (Å²) in [6, 6.07) is 7.03. The molecule has 0 bridgehead atoms. The van der Waals surface area contributed by atoms with Crippen LogP contribution in [0.25, 0.3) is 0 Å². The molecule has 0 saturated carbocycles. The number of carboxylic acids is 1. The van der Waals surface area contributed by atoms with E-state index in [1.54, 1.807) is 13.8 Å². The summed E-state index contributed by atoms with van der Waals surface area (Å²) in [7, 11) is 0. The molecule has 1 aromatic carbocycles. The highest BCUT2D eigenvalue weighted by Gasteiger charge is 2.31. The van der Waals surface area contributed by atoms with Crippen molar-refractivity contribution in [2.45, 2.75) is 59.0 Å². The highest BCUT2D eigenvalue weighted by atomic mass is 16.5. The molecule has 172 valence electrons. The van der Waals surface area contributed by atoms with Gasteiger partial charge in [0.1, 0.15) is 12.1 Å². The molecule has 0 fully saturated rings. The Kier molecular flexibility index (Phi) is 10.7. The molecule has 0 spiro atoms. The number of amides is 3. The van der Waals surface area contributed by atoms with Crippen LogP contribution in [-0.4, -0.2) is 46.1 Å². The fourth-order valence-electron chi connectivity index (χ4n) is 3.19. The molecule has 3 atom stereocenters. The van der Waals surface area contributed by atoms with E-state index in [2.05, 4.69) is 10.6 Å². The third-order valence-corrected chi connectivity index (χ3v) is 4.82. The van der Waals surface area contributed by atoms with Gasteiger partial charge in [-0.3, -0.25) is 19.6 Å². The zero-order valence-corrected chi connectivity index (χ0v) is 18.4. The van der Waals surface area contributed by atoms with Crippen LogP contribution in [0.4, 0.5) is 0 Å². The normalized spacial score (nSPS) is 13.9. The Bertz CT molecular complexity index is 751. The monoisotopic (exact) mass is 435 g/mol. The number of hydroxylamine groups is 1. The Balaban J connectivity index is 2.97. The van der Waals surface area contributed by atoms with Gasteiger partial charge < -0.3 is 15.7 Å². The van der Waals surface area contributed by atoms with Crippen LogP contribution in [0.2, 0.25) is 0 Å². The minimum Gasteiger partial charge on any atom is -0.480 e. The molecule has 0 aliphatic heterocycles. The Hall–Kier alpha value is -2.94. The third kappa shape index (κ3) is 9.17. The minimum absolute atomic E-state index is 0.0562. The van der Waals surface area contributed by atoms with Crippen molar-refractivity contribution in [3.8, 4) is 0 Å². The van der Waals surface area contributed by atoms with E-state index < -0.39 is 41.7 Å². The molecular weight excluding hydrogens is 402 g/mol. The van der Waals surface area contributed by atoms with Gasteiger partial charge in [0.05, 0.1) is 5.92 Å². The summed E-state index contributed by atoms with van der Waals surface area (Å²) in [4.78, 5) is 48.9. The second-order valence-corrected chi connectivity index (χ2v) is 8.38. The largest absolute Gasteiger partial charge is 0.480 e. The number of benzene rings is 1. The number of carboxylic acid groups (broad SMARTS) is 1. The number of nitrogens with one attached hydrogen (secondary N) is 3. The Morgan fingerprint density at radius 3 is 2.03 bits per heavy atom. The van der Waals surface area contributed by atoms with Crippen LogP contribution in [-0.2, 0) is 25.6 Å². The summed E-state index contributed by atoms with van der Waals surface area (Å²) in [6.07, 6.45) is 0.222. The van der Waals surface area contributed by atoms with Gasteiger partial charge >= 0.3 is 5.97 Å². The molecule has 0 aliphatic carbocycles. The molecule has 0 aliphatic rings. The first-order valence-corrected chi connectivity index (χ1v) is 10.4. The molecule has 0 radical (unpaired) electrons. The molecule has 5 N–H and O–H groups in total. The van der Waals surface area contributed by atoms with Crippen molar-refractivity contribution in [1.29, 1.82) is 0 Å². The average Bonchev–Trinajstić information content (AvgIpc) is 2.70. The Labute approximate surface area is 182 Å². The van der Waals surface area contributed by atoms with Crippen LogP contribution in [0.5, 0.6) is 0 Å². The summed E-state index contributed by atoms with van der Waals surface area (Å²) < 4.78 is 0. The van der Waals surface area contributed by atoms with E-state index >= 15 is 0 Å². The summed E-state index contributed by atoms with van der Waals surface area (Å²) in [5, 5.41) is 23.4. The highest BCUT2D eigenvalue weighted by Crippen LogP contribution is 2.15. The van der Waals surface area contributed by atoms with Crippen molar-refractivity contribution in [2.24, 2.45) is 17.8 Å². The third-order valence-electron chi connectivity index (χ3n) is 4.82. The molecule has 0 unspecified atom stereocenters. The zero-order chi connectivity index (χ0) is 23.6. The van der Waals surface area contributed by atoms with Gasteiger partial charge in [0.15, 0.2) is 0 Å². The number of aliphatic carboxylic acids is 1. The predicted octanol–water partition coefficient (Wildman–Crippen LogP) is 1.50. The standard InChI is InChI=1S/C22H33N3O6/c1-13(2)10-17(22(29)30)23-21(28)19(14(3)4)24-20(27)16(12-18(26)25-31)11-15-8-6-5-7-9-15/h5-9,13-14,16-17,19,31H,10-12H2,1-4H3,(H,23,28)(H,24,27)(H,25,26)(H,29,30)/t16-,17-,19-/m0/s1. The van der Waals surface area contributed by atoms with E-state index in [-0.39, 0.29) is 31.1 Å². The Morgan fingerprint density at radius 2 is 1.55 bits per heavy atom. The molecule has 9 nitrogen and oxygen atoms in total. The van der Waals surface area contributed by atoms with Crippen LogP contribution in [0.15, 0.2) is 30.3 Å². The van der Waals surface area contributed by atoms with E-state index in [1.807, 2.05) is 44.2 Å². The molecule has 0 aromatic heterocycles. The van der Waals surface area contributed by atoms with Gasteiger partial charge in [-0.05, 0) is 30.2 Å². The maximum atomic E-state index is 12.9. The fourth-order valence-corrected chi connectivity index (χ4v) is 3.19. The lowest BCUT2D eigenvalue weighted by molar-refractivity contribution is -0.143. The predicted molar refractivity (Wildman–Crippen MR) is 114 cm³/mol. The first-order chi connectivity index (χ1) is 14.5. The minimum atomic E-state index is -1.14. The van der Waals surface area contributed by atoms with E-state index in [0.717, 1.165) is 5.56 Å². The molecule has 3 amide bonds. The van der Waals surface area contributed by atoms with Gasteiger partial charge in [-0.25, -0.2) is 10.3 Å². The van der Waals surface area contributed by atoms with Gasteiger partial charge in [0.2, 0.25) is 17.7 Å². The lowest BCUT2D eigenvalue weighted by Crippen LogP contribution is -2.55. The SMILES string of the molecule is CC(C)C[C@H](NC(=O)[C@@H](NC(=O)[C@H](CC(=O)NO)Cc1ccccc1)C(C)C)C(=O)O. The fraction of sp³-hybridized carbons (Fsp3) is 0.545. The van der Waals surface area contributed by atoms with Crippen LogP contribution >= 0.6 is 0 Å². The smallest absolute Gasteiger partial charge is 0.326 e. The molecular formula is C22H33N3O6. The van der Waals surface area contributed by atoms with E-state index in [0.29, 0.717) is 0 Å². The Morgan fingerprint density at radius 1 is 0.935 bits per heavy atom. The van der Waals surface area contributed by atoms with E-state index in [1.165, 1.54) is 5.48 Å². The van der Waals surface area contributed by atoms with Crippen LogP contribution < -0.4 is 16.1 Å². The van der Waals surface area contributed by atoms with E-state index in [4.69, 9.17) is 5.21 Å². The van der Waals surface area contributed by atoms with Crippen molar-refractivity contribution in [3.63, 3.8) is 0 Å². The lowest BCUT2D eigenvalue weighted by Gasteiger charge is -2.26. The average molecular weight is 436 g/mol. The second-order valence-electron chi connectivity index (χ2n) is 8.38. The van der Waals surface area contributed by atoms with Crippen LogP contribution in [0.1, 0.15) is 46.1 Å². The summed E-state index contributed by atoms with van der Waals surface area (Å²) in [5.41, 5.74) is 2.35. The zero-order valence-electron chi connectivity index (χ0n) is 18.4. The lowest BCUT2D eigenvalue weighted by atomic mass is 9.93. The van der Waals surface area contributed by atoms with Crippen molar-refractivity contribution in [2.75, 3.05) is 0 Å². The first kappa shape index (κ1) is 26.1. The number of carbonyl (C=O) groups is 4. The van der Waals surface area contributed by atoms with Crippen molar-refractivity contribution >= 4 is 23.7 Å². The van der Waals surface area contributed by atoms with Gasteiger partial charge in [-0.1, -0.05) is 58.0 Å². The summed E-state index contributed by atoms with van der Waals surface area (Å²) in [5.74, 6) is -4.07. The molecule has 31 heavy (non-hydrogen) atoms. The van der Waals surface area contributed by atoms with Crippen molar-refractivity contribution in [1.82, 2.24) is 16.1 Å². The maximum absolute atomic E-state index is 12.9. The molecule has 0 saturated heterocycles. The van der Waals surface area contributed by atoms with Crippen LogP contribution in [0, 0.1) is 17.8 Å².